The number of hydrogen-bond acceptors (Lipinski definition) is 5. The molecule has 2 aromatic rings. The molecular weight excluding hydrogens is 270 g/mol. The van der Waals surface area contributed by atoms with Crippen molar-refractivity contribution in [3.8, 4) is 11.5 Å². The first kappa shape index (κ1) is 13.8. The van der Waals surface area contributed by atoms with E-state index in [1.165, 1.54) is 0 Å². The highest BCUT2D eigenvalue weighted by molar-refractivity contribution is 5.49. The smallest absolute Gasteiger partial charge is 0.166 e. The van der Waals surface area contributed by atoms with Gasteiger partial charge in [0.1, 0.15) is 13.2 Å². The van der Waals surface area contributed by atoms with Gasteiger partial charge in [0.25, 0.3) is 0 Å². The number of methoxy groups -OCH3 is 1. The van der Waals surface area contributed by atoms with Gasteiger partial charge in [-0.1, -0.05) is 12.1 Å². The van der Waals surface area contributed by atoms with Crippen LogP contribution in [0.2, 0.25) is 0 Å². The Labute approximate surface area is 123 Å². The highest BCUT2D eigenvalue weighted by Crippen LogP contribution is 2.33. The molecule has 1 aliphatic rings. The maximum atomic E-state index is 5.70. The number of fused-ring (bicyclic) bond motifs is 1. The largest absolute Gasteiger partial charge is 0.486 e. The molecule has 6 heteroatoms. The summed E-state index contributed by atoms with van der Waals surface area (Å²) in [7, 11) is 1.68. The van der Waals surface area contributed by atoms with Crippen LogP contribution in [0.15, 0.2) is 30.6 Å². The summed E-state index contributed by atoms with van der Waals surface area (Å²) in [6.45, 7) is 3.27. The molecule has 0 atom stereocenters. The Morgan fingerprint density at radius 1 is 1.33 bits per heavy atom. The van der Waals surface area contributed by atoms with E-state index in [1.54, 1.807) is 7.11 Å². The van der Waals surface area contributed by atoms with Crippen LogP contribution >= 0.6 is 0 Å². The quantitative estimate of drug-likeness (QED) is 0.880. The molecule has 0 aliphatic carbocycles. The number of nitrogens with one attached hydrogen (secondary N) is 1. The molecule has 2 heterocycles. The zero-order chi connectivity index (χ0) is 14.5. The van der Waals surface area contributed by atoms with Gasteiger partial charge in [-0.05, 0) is 6.07 Å². The maximum Gasteiger partial charge on any atom is 0.166 e. The van der Waals surface area contributed by atoms with Crippen LogP contribution in [0.1, 0.15) is 5.56 Å². The summed E-state index contributed by atoms with van der Waals surface area (Å²) < 4.78 is 18.2. The van der Waals surface area contributed by atoms with Crippen LogP contribution in [0.5, 0.6) is 11.5 Å². The molecule has 6 nitrogen and oxygen atoms in total. The minimum absolute atomic E-state index is 0.596. The van der Waals surface area contributed by atoms with Gasteiger partial charge in [-0.15, -0.1) is 0 Å². The van der Waals surface area contributed by atoms with Crippen molar-refractivity contribution in [2.24, 2.45) is 0 Å². The highest BCUT2D eigenvalue weighted by atomic mass is 16.6. The Morgan fingerprint density at radius 3 is 3.14 bits per heavy atom. The molecule has 1 aromatic carbocycles. The van der Waals surface area contributed by atoms with Crippen molar-refractivity contribution >= 4 is 5.69 Å². The minimum Gasteiger partial charge on any atom is -0.486 e. The van der Waals surface area contributed by atoms with Crippen LogP contribution in [0.25, 0.3) is 0 Å². The van der Waals surface area contributed by atoms with Crippen LogP contribution < -0.4 is 14.8 Å². The van der Waals surface area contributed by atoms with E-state index >= 15 is 0 Å². The van der Waals surface area contributed by atoms with Crippen molar-refractivity contribution in [2.45, 2.75) is 13.1 Å². The Morgan fingerprint density at radius 2 is 2.24 bits per heavy atom. The summed E-state index contributed by atoms with van der Waals surface area (Å²) in [4.78, 5) is 0. The molecular formula is C15H19N3O3. The zero-order valence-corrected chi connectivity index (χ0v) is 12.0. The van der Waals surface area contributed by atoms with Crippen molar-refractivity contribution < 1.29 is 14.2 Å². The van der Waals surface area contributed by atoms with Crippen LogP contribution in [-0.2, 0) is 17.8 Å². The number of hydrogen-bond donors (Lipinski definition) is 1. The highest BCUT2D eigenvalue weighted by Gasteiger charge is 2.15. The molecule has 1 aromatic heterocycles. The molecule has 0 saturated heterocycles. The second-order valence-corrected chi connectivity index (χ2v) is 4.78. The molecule has 0 amide bonds. The van der Waals surface area contributed by atoms with Crippen LogP contribution in [0.3, 0.4) is 0 Å². The lowest BCUT2D eigenvalue weighted by molar-refractivity contribution is 0.170. The topological polar surface area (TPSA) is 57.5 Å². The minimum atomic E-state index is 0.596. The van der Waals surface area contributed by atoms with Gasteiger partial charge in [-0.2, -0.15) is 5.10 Å². The lowest BCUT2D eigenvalue weighted by Gasteiger charge is -2.21. The Kier molecular flexibility index (Phi) is 4.25. The molecule has 0 radical (unpaired) electrons. The monoisotopic (exact) mass is 289 g/mol. The van der Waals surface area contributed by atoms with Crippen molar-refractivity contribution in [1.82, 2.24) is 9.78 Å². The number of nitrogens with zero attached hydrogens (tertiary/aromatic N) is 2. The van der Waals surface area contributed by atoms with Crippen molar-refractivity contribution in [3.05, 3.63) is 36.2 Å². The fourth-order valence-corrected chi connectivity index (χ4v) is 2.23. The van der Waals surface area contributed by atoms with Crippen LogP contribution in [-0.4, -0.2) is 36.7 Å². The van der Waals surface area contributed by atoms with E-state index in [0.717, 1.165) is 29.3 Å². The molecule has 0 unspecified atom stereocenters. The summed E-state index contributed by atoms with van der Waals surface area (Å²) in [5.74, 6) is 1.65. The van der Waals surface area contributed by atoms with Crippen molar-refractivity contribution in [1.29, 1.82) is 0 Å². The van der Waals surface area contributed by atoms with Gasteiger partial charge in [0, 0.05) is 25.4 Å². The van der Waals surface area contributed by atoms with E-state index in [9.17, 15) is 0 Å². The SMILES string of the molecule is COCCn1cc(NCc2cccc3c2OCCO3)cn1. The molecule has 0 spiro atoms. The predicted molar refractivity (Wildman–Crippen MR) is 78.9 cm³/mol. The van der Waals surface area contributed by atoms with Gasteiger partial charge in [-0.3, -0.25) is 4.68 Å². The average molecular weight is 289 g/mol. The fraction of sp³-hybridized carbons (Fsp3) is 0.400. The molecule has 0 bridgehead atoms. The number of para-hydroxylation sites is 1. The van der Waals surface area contributed by atoms with Gasteiger partial charge in [0.2, 0.25) is 0 Å². The second-order valence-electron chi connectivity index (χ2n) is 4.78. The fourth-order valence-electron chi connectivity index (χ4n) is 2.23. The molecule has 0 fully saturated rings. The molecule has 112 valence electrons. The average Bonchev–Trinajstić information content (AvgIpc) is 2.99. The van der Waals surface area contributed by atoms with E-state index in [4.69, 9.17) is 14.2 Å². The normalized spacial score (nSPS) is 13.2. The first-order chi connectivity index (χ1) is 10.4. The van der Waals surface area contributed by atoms with Crippen molar-refractivity contribution in [2.75, 3.05) is 32.2 Å². The molecule has 1 N–H and O–H groups in total. The number of benzene rings is 1. The predicted octanol–water partition coefficient (Wildman–Crippen LogP) is 1.91. The third-order valence-corrected chi connectivity index (χ3v) is 3.29. The Balaban J connectivity index is 1.64. The third-order valence-electron chi connectivity index (χ3n) is 3.29. The van der Waals surface area contributed by atoms with E-state index in [0.29, 0.717) is 26.4 Å². The number of aromatic nitrogens is 2. The molecule has 21 heavy (non-hydrogen) atoms. The van der Waals surface area contributed by atoms with E-state index in [-0.39, 0.29) is 0 Å². The first-order valence-electron chi connectivity index (χ1n) is 6.99. The lowest BCUT2D eigenvalue weighted by Crippen LogP contribution is -2.17. The summed E-state index contributed by atoms with van der Waals surface area (Å²) in [5, 5.41) is 7.62. The third kappa shape index (κ3) is 3.28. The standard InChI is InChI=1S/C15H19N3O3/c1-19-6-5-18-11-13(10-17-18)16-9-12-3-2-4-14-15(12)21-8-7-20-14/h2-4,10-11,16H,5-9H2,1H3. The maximum absolute atomic E-state index is 5.70. The van der Waals surface area contributed by atoms with Gasteiger partial charge in [0.05, 0.1) is 25.0 Å². The molecule has 1 aliphatic heterocycles. The summed E-state index contributed by atoms with van der Waals surface area (Å²) in [5.41, 5.74) is 2.05. The molecule has 0 saturated carbocycles. The number of rotatable bonds is 6. The first-order valence-corrected chi connectivity index (χ1v) is 6.99. The van der Waals surface area contributed by atoms with Crippen LogP contribution in [0.4, 0.5) is 5.69 Å². The van der Waals surface area contributed by atoms with Crippen molar-refractivity contribution in [3.63, 3.8) is 0 Å². The lowest BCUT2D eigenvalue weighted by atomic mass is 10.1. The summed E-state index contributed by atoms with van der Waals surface area (Å²) in [6.07, 6.45) is 3.77. The van der Waals surface area contributed by atoms with Gasteiger partial charge >= 0.3 is 0 Å². The second kappa shape index (κ2) is 6.49. The Hall–Kier alpha value is -2.21. The number of anilines is 1. The van der Waals surface area contributed by atoms with Gasteiger partial charge in [0.15, 0.2) is 11.5 Å². The summed E-state index contributed by atoms with van der Waals surface area (Å²) >= 11 is 0. The van der Waals surface area contributed by atoms with E-state index < -0.39 is 0 Å². The van der Waals surface area contributed by atoms with E-state index in [2.05, 4.69) is 10.4 Å². The summed E-state index contributed by atoms with van der Waals surface area (Å²) in [6, 6.07) is 5.95. The molecule has 3 rings (SSSR count). The van der Waals surface area contributed by atoms with Crippen LogP contribution in [0, 0.1) is 0 Å². The van der Waals surface area contributed by atoms with Gasteiger partial charge in [-0.25, -0.2) is 0 Å². The number of ether oxygens (including phenoxy) is 3. The van der Waals surface area contributed by atoms with Gasteiger partial charge < -0.3 is 19.5 Å². The Bertz CT molecular complexity index is 598. The van der Waals surface area contributed by atoms with E-state index in [1.807, 2.05) is 35.3 Å². The zero-order valence-electron chi connectivity index (χ0n) is 12.0.